The highest BCUT2D eigenvalue weighted by Crippen LogP contribution is 2.22. The Hall–Kier alpha value is -1.34. The third kappa shape index (κ3) is 4.58. The second-order valence-corrected chi connectivity index (χ2v) is 7.83. The number of benzene rings is 1. The van der Waals surface area contributed by atoms with Crippen molar-refractivity contribution in [1.82, 2.24) is 4.90 Å². The minimum atomic E-state index is -0.963. The molecular weight excluding hydrogens is 322 g/mol. The lowest BCUT2D eigenvalue weighted by molar-refractivity contribution is -0.138. The van der Waals surface area contributed by atoms with E-state index in [1.807, 2.05) is 6.07 Å². The van der Waals surface area contributed by atoms with Gasteiger partial charge in [-0.05, 0) is 17.7 Å². The third-order valence-electron chi connectivity index (χ3n) is 3.44. The molecule has 2 rings (SSSR count). The number of aliphatic carboxylic acids is 1. The molecule has 0 radical (unpaired) electrons. The monoisotopic (exact) mass is 341 g/mol. The Labute approximate surface area is 136 Å². The highest BCUT2D eigenvalue weighted by atomic mass is 32.2. The fraction of sp³-hybridized carbons (Fsp3) is 0.467. The average Bonchev–Trinajstić information content (AvgIpc) is 2.46. The van der Waals surface area contributed by atoms with Gasteiger partial charge in [-0.2, -0.15) is 11.8 Å². The van der Waals surface area contributed by atoms with E-state index in [0.717, 1.165) is 11.3 Å². The van der Waals surface area contributed by atoms with Crippen molar-refractivity contribution in [3.05, 3.63) is 35.4 Å². The number of carboxylic acids is 1. The predicted molar refractivity (Wildman–Crippen MR) is 88.6 cm³/mol. The zero-order valence-electron chi connectivity index (χ0n) is 12.4. The predicted octanol–water partition coefficient (Wildman–Crippen LogP) is 1.60. The first kappa shape index (κ1) is 17.0. The summed E-state index contributed by atoms with van der Waals surface area (Å²) in [5, 5.41) is 9.00. The summed E-state index contributed by atoms with van der Waals surface area (Å²) in [7, 11) is -0.963. The number of carbonyl (C=O) groups is 2. The summed E-state index contributed by atoms with van der Waals surface area (Å²) in [5.74, 6) is 0.850. The minimum Gasteiger partial charge on any atom is -0.481 e. The van der Waals surface area contributed by atoms with Crippen LogP contribution >= 0.6 is 11.8 Å². The lowest BCUT2D eigenvalue weighted by Crippen LogP contribution is -2.47. The van der Waals surface area contributed by atoms with E-state index in [9.17, 15) is 13.8 Å². The Morgan fingerprint density at radius 3 is 2.91 bits per heavy atom. The van der Waals surface area contributed by atoms with Gasteiger partial charge < -0.3 is 10.0 Å². The Kier molecular flexibility index (Phi) is 6.02. The van der Waals surface area contributed by atoms with Gasteiger partial charge in [0.1, 0.15) is 0 Å². The Morgan fingerprint density at radius 1 is 1.45 bits per heavy atom. The maximum absolute atomic E-state index is 12.7. The van der Waals surface area contributed by atoms with Crippen molar-refractivity contribution in [2.24, 2.45) is 0 Å². The lowest BCUT2D eigenvalue weighted by atomic mass is 10.1. The van der Waals surface area contributed by atoms with Crippen LogP contribution in [0, 0.1) is 0 Å². The number of rotatable bonds is 5. The van der Waals surface area contributed by atoms with Gasteiger partial charge in [0.2, 0.25) is 0 Å². The van der Waals surface area contributed by atoms with Gasteiger partial charge in [0, 0.05) is 46.4 Å². The number of hydrogen-bond acceptors (Lipinski definition) is 4. The molecule has 22 heavy (non-hydrogen) atoms. The molecule has 0 aromatic heterocycles. The molecule has 1 N–H and O–H groups in total. The summed E-state index contributed by atoms with van der Waals surface area (Å²) in [6, 6.07) is 6.83. The van der Waals surface area contributed by atoms with E-state index >= 15 is 0 Å². The van der Waals surface area contributed by atoms with Crippen molar-refractivity contribution in [3.8, 4) is 0 Å². The molecule has 7 heteroatoms. The Balaban J connectivity index is 2.17. The van der Waals surface area contributed by atoms with Gasteiger partial charge in [0.25, 0.3) is 5.91 Å². The first-order valence-corrected chi connectivity index (χ1v) is 9.85. The molecule has 0 spiro atoms. The van der Waals surface area contributed by atoms with Gasteiger partial charge in [0.15, 0.2) is 0 Å². The summed E-state index contributed by atoms with van der Waals surface area (Å²) in [5.41, 5.74) is 1.39. The van der Waals surface area contributed by atoms with E-state index in [4.69, 9.17) is 5.11 Å². The Morgan fingerprint density at radius 2 is 2.23 bits per heavy atom. The van der Waals surface area contributed by atoms with Crippen LogP contribution in [-0.2, 0) is 21.3 Å². The molecule has 0 saturated carbocycles. The van der Waals surface area contributed by atoms with Gasteiger partial charge in [0.05, 0.1) is 12.5 Å². The van der Waals surface area contributed by atoms with E-state index in [-0.39, 0.29) is 18.4 Å². The number of thioether (sulfide) groups is 1. The van der Waals surface area contributed by atoms with Crippen LogP contribution < -0.4 is 0 Å². The van der Waals surface area contributed by atoms with Crippen LogP contribution in [0.2, 0.25) is 0 Å². The van der Waals surface area contributed by atoms with E-state index in [1.165, 1.54) is 0 Å². The van der Waals surface area contributed by atoms with E-state index in [1.54, 1.807) is 41.1 Å². The van der Waals surface area contributed by atoms with Crippen LogP contribution in [0.5, 0.6) is 0 Å². The summed E-state index contributed by atoms with van der Waals surface area (Å²) < 4.78 is 11.3. The molecule has 2 atom stereocenters. The molecule has 1 fully saturated rings. The fourth-order valence-electron chi connectivity index (χ4n) is 2.49. The first-order valence-electron chi connectivity index (χ1n) is 6.97. The van der Waals surface area contributed by atoms with Crippen molar-refractivity contribution >= 4 is 34.4 Å². The summed E-state index contributed by atoms with van der Waals surface area (Å²) in [6.07, 6.45) is 1.59. The van der Waals surface area contributed by atoms with E-state index < -0.39 is 16.8 Å². The van der Waals surface area contributed by atoms with Gasteiger partial charge in [-0.3, -0.25) is 13.8 Å². The van der Waals surface area contributed by atoms with Gasteiger partial charge in [-0.1, -0.05) is 12.1 Å². The second kappa shape index (κ2) is 7.78. The largest absolute Gasteiger partial charge is 0.481 e. The topological polar surface area (TPSA) is 74.7 Å². The molecule has 0 aliphatic carbocycles. The van der Waals surface area contributed by atoms with Crippen molar-refractivity contribution in [1.29, 1.82) is 0 Å². The Bertz CT molecular complexity index is 591. The minimum absolute atomic E-state index is 0.0303. The quantitative estimate of drug-likeness (QED) is 0.880. The number of amides is 1. The van der Waals surface area contributed by atoms with Crippen molar-refractivity contribution in [2.45, 2.75) is 18.2 Å². The number of carboxylic acid groups (broad SMARTS) is 1. The zero-order chi connectivity index (χ0) is 16.1. The molecule has 0 bridgehead atoms. The molecule has 1 heterocycles. The standard InChI is InChI=1S/C15H19NO4S2/c1-22(20)10-11-3-2-4-12(7-11)15(19)16-5-6-21-9-13(16)8-14(17)18/h2-4,7,13H,5-6,8-10H2,1H3,(H,17,18). The number of nitrogens with zero attached hydrogens (tertiary/aromatic N) is 1. The summed E-state index contributed by atoms with van der Waals surface area (Å²) in [6.45, 7) is 0.561. The molecular formula is C15H19NO4S2. The van der Waals surface area contributed by atoms with E-state index in [2.05, 4.69) is 0 Å². The normalized spacial score (nSPS) is 19.7. The van der Waals surface area contributed by atoms with Crippen LogP contribution in [0.15, 0.2) is 24.3 Å². The molecule has 1 aromatic rings. The van der Waals surface area contributed by atoms with Crippen LogP contribution in [-0.4, -0.2) is 56.4 Å². The van der Waals surface area contributed by atoms with Gasteiger partial charge in [-0.15, -0.1) is 0 Å². The number of carbonyl (C=O) groups excluding carboxylic acids is 1. The highest BCUT2D eigenvalue weighted by molar-refractivity contribution is 7.99. The highest BCUT2D eigenvalue weighted by Gasteiger charge is 2.29. The third-order valence-corrected chi connectivity index (χ3v) is 5.27. The first-order chi connectivity index (χ1) is 10.5. The van der Waals surface area contributed by atoms with Crippen molar-refractivity contribution in [3.63, 3.8) is 0 Å². The van der Waals surface area contributed by atoms with Crippen LogP contribution in [0.25, 0.3) is 0 Å². The number of hydrogen-bond donors (Lipinski definition) is 1. The lowest BCUT2D eigenvalue weighted by Gasteiger charge is -2.34. The van der Waals surface area contributed by atoms with Crippen LogP contribution in [0.4, 0.5) is 0 Å². The summed E-state index contributed by atoms with van der Waals surface area (Å²) in [4.78, 5) is 25.3. The SMILES string of the molecule is CS(=O)Cc1cccc(C(=O)N2CCSCC2CC(=O)O)c1. The molecule has 1 amide bonds. The van der Waals surface area contributed by atoms with Crippen LogP contribution in [0.1, 0.15) is 22.3 Å². The van der Waals surface area contributed by atoms with Crippen molar-refractivity contribution < 1.29 is 18.9 Å². The maximum atomic E-state index is 12.7. The molecule has 1 aliphatic rings. The molecule has 5 nitrogen and oxygen atoms in total. The maximum Gasteiger partial charge on any atom is 0.305 e. The van der Waals surface area contributed by atoms with Gasteiger partial charge in [-0.25, -0.2) is 0 Å². The molecule has 120 valence electrons. The fourth-order valence-corrected chi connectivity index (χ4v) is 4.20. The van der Waals surface area contributed by atoms with Crippen LogP contribution in [0.3, 0.4) is 0 Å². The summed E-state index contributed by atoms with van der Waals surface area (Å²) >= 11 is 1.68. The molecule has 1 aliphatic heterocycles. The zero-order valence-corrected chi connectivity index (χ0v) is 14.0. The smallest absolute Gasteiger partial charge is 0.305 e. The van der Waals surface area contributed by atoms with Gasteiger partial charge >= 0.3 is 5.97 Å². The average molecular weight is 341 g/mol. The second-order valence-electron chi connectivity index (χ2n) is 5.24. The van der Waals surface area contributed by atoms with Crippen molar-refractivity contribution in [2.75, 3.05) is 24.3 Å². The molecule has 2 unspecified atom stereocenters. The molecule has 1 saturated heterocycles. The van der Waals surface area contributed by atoms with E-state index in [0.29, 0.717) is 23.6 Å². The molecule has 1 aromatic carbocycles.